The number of amides is 2. The summed E-state index contributed by atoms with van der Waals surface area (Å²) in [5.74, 6) is -0.363. The third-order valence-corrected chi connectivity index (χ3v) is 2.52. The van der Waals surface area contributed by atoms with Crippen LogP contribution in [0.5, 0.6) is 0 Å². The number of methoxy groups -OCH3 is 1. The summed E-state index contributed by atoms with van der Waals surface area (Å²) in [6, 6.07) is 6.90. The van der Waals surface area contributed by atoms with Crippen LogP contribution in [-0.4, -0.2) is 37.2 Å². The van der Waals surface area contributed by atoms with E-state index in [0.717, 1.165) is 0 Å². The van der Waals surface area contributed by atoms with Gasteiger partial charge in [0.05, 0.1) is 0 Å². The lowest BCUT2D eigenvalue weighted by molar-refractivity contribution is -0.119. The van der Waals surface area contributed by atoms with Crippen molar-refractivity contribution >= 4 is 23.2 Å². The molecule has 0 unspecified atom stereocenters. The highest BCUT2D eigenvalue weighted by atomic mass is 16.5. The van der Waals surface area contributed by atoms with Crippen LogP contribution in [0.3, 0.4) is 0 Å². The molecule has 0 saturated carbocycles. The van der Waals surface area contributed by atoms with E-state index in [1.165, 1.54) is 7.11 Å². The van der Waals surface area contributed by atoms with Crippen molar-refractivity contribution in [1.29, 1.82) is 0 Å². The maximum Gasteiger partial charge on any atom is 0.250 e. The standard InChI is InChI=1S/C14H20N2O4/c1-20-10-14(19)16-12-6-4-5-11(9-12)15-13(18)7-2-3-8-17/h4-6,9,17H,2-3,7-8,10H2,1H3,(H,15,18)(H,16,19). The smallest absolute Gasteiger partial charge is 0.250 e. The van der Waals surface area contributed by atoms with E-state index in [-0.39, 0.29) is 25.0 Å². The summed E-state index contributed by atoms with van der Waals surface area (Å²) in [6.07, 6.45) is 1.62. The van der Waals surface area contributed by atoms with Gasteiger partial charge in [-0.15, -0.1) is 0 Å². The van der Waals surface area contributed by atoms with E-state index in [4.69, 9.17) is 9.84 Å². The van der Waals surface area contributed by atoms with E-state index in [9.17, 15) is 9.59 Å². The van der Waals surface area contributed by atoms with Gasteiger partial charge >= 0.3 is 0 Å². The van der Waals surface area contributed by atoms with E-state index >= 15 is 0 Å². The zero-order valence-corrected chi connectivity index (χ0v) is 11.5. The Hall–Kier alpha value is -1.92. The van der Waals surface area contributed by atoms with Crippen molar-refractivity contribution < 1.29 is 19.4 Å². The Morgan fingerprint density at radius 3 is 2.40 bits per heavy atom. The molecule has 0 aliphatic heterocycles. The summed E-state index contributed by atoms with van der Waals surface area (Å²) in [4.78, 5) is 23.0. The maximum atomic E-state index is 11.6. The number of ether oxygens (including phenoxy) is 1. The molecule has 1 aromatic carbocycles. The number of anilines is 2. The quantitative estimate of drug-likeness (QED) is 0.628. The van der Waals surface area contributed by atoms with E-state index in [0.29, 0.717) is 30.6 Å². The fraction of sp³-hybridized carbons (Fsp3) is 0.429. The number of benzene rings is 1. The number of unbranched alkanes of at least 4 members (excludes halogenated alkanes) is 1. The monoisotopic (exact) mass is 280 g/mol. The topological polar surface area (TPSA) is 87.7 Å². The van der Waals surface area contributed by atoms with Gasteiger partial charge in [0, 0.05) is 31.5 Å². The van der Waals surface area contributed by atoms with Gasteiger partial charge in [-0.1, -0.05) is 6.07 Å². The van der Waals surface area contributed by atoms with Crippen molar-refractivity contribution in [3.8, 4) is 0 Å². The third-order valence-electron chi connectivity index (χ3n) is 2.52. The Kier molecular flexibility index (Phi) is 7.31. The molecule has 1 aromatic rings. The second kappa shape index (κ2) is 9.06. The largest absolute Gasteiger partial charge is 0.396 e. The molecule has 1 rings (SSSR count). The van der Waals surface area contributed by atoms with Crippen LogP contribution < -0.4 is 10.6 Å². The van der Waals surface area contributed by atoms with E-state index < -0.39 is 0 Å². The molecule has 0 bridgehead atoms. The number of carbonyl (C=O) groups is 2. The van der Waals surface area contributed by atoms with Gasteiger partial charge in [0.1, 0.15) is 6.61 Å². The van der Waals surface area contributed by atoms with Crippen molar-refractivity contribution in [2.75, 3.05) is 31.0 Å². The van der Waals surface area contributed by atoms with Gasteiger partial charge < -0.3 is 20.5 Å². The zero-order valence-electron chi connectivity index (χ0n) is 11.5. The zero-order chi connectivity index (χ0) is 14.8. The Balaban J connectivity index is 2.50. The molecule has 0 radical (unpaired) electrons. The predicted molar refractivity (Wildman–Crippen MR) is 76.5 cm³/mol. The minimum Gasteiger partial charge on any atom is -0.396 e. The molecule has 0 spiro atoms. The SMILES string of the molecule is COCC(=O)Nc1cccc(NC(=O)CCCCO)c1. The molecule has 0 fully saturated rings. The van der Waals surface area contributed by atoms with Crippen molar-refractivity contribution in [3.05, 3.63) is 24.3 Å². The molecule has 3 N–H and O–H groups in total. The van der Waals surface area contributed by atoms with Crippen LogP contribution in [-0.2, 0) is 14.3 Å². The van der Waals surface area contributed by atoms with Gasteiger partial charge in [0.25, 0.3) is 0 Å². The summed E-state index contributed by atoms with van der Waals surface area (Å²) in [5.41, 5.74) is 1.22. The predicted octanol–water partition coefficient (Wildman–Crippen LogP) is 1.37. The van der Waals surface area contributed by atoms with E-state index in [1.54, 1.807) is 24.3 Å². The van der Waals surface area contributed by atoms with Gasteiger partial charge in [-0.05, 0) is 31.0 Å². The fourth-order valence-corrected chi connectivity index (χ4v) is 1.62. The van der Waals surface area contributed by atoms with Gasteiger partial charge in [0.15, 0.2) is 0 Å². The van der Waals surface area contributed by atoms with Crippen molar-refractivity contribution in [2.24, 2.45) is 0 Å². The summed E-state index contributed by atoms with van der Waals surface area (Å²) in [7, 11) is 1.45. The fourth-order valence-electron chi connectivity index (χ4n) is 1.62. The van der Waals surface area contributed by atoms with Crippen LogP contribution in [0, 0.1) is 0 Å². The minimum absolute atomic E-state index is 0.0161. The molecule has 20 heavy (non-hydrogen) atoms. The maximum absolute atomic E-state index is 11.6. The highest BCUT2D eigenvalue weighted by molar-refractivity contribution is 5.94. The van der Waals surface area contributed by atoms with Crippen molar-refractivity contribution in [3.63, 3.8) is 0 Å². The molecule has 0 atom stereocenters. The van der Waals surface area contributed by atoms with E-state index in [2.05, 4.69) is 10.6 Å². The molecule has 6 nitrogen and oxygen atoms in total. The summed E-state index contributed by atoms with van der Waals surface area (Å²) < 4.78 is 4.72. The first-order valence-corrected chi connectivity index (χ1v) is 6.45. The first-order valence-electron chi connectivity index (χ1n) is 6.45. The van der Waals surface area contributed by atoms with Crippen LogP contribution in [0.1, 0.15) is 19.3 Å². The Labute approximate surface area is 118 Å². The summed E-state index contributed by atoms with van der Waals surface area (Å²) in [6.45, 7) is 0.0754. The van der Waals surface area contributed by atoms with Crippen LogP contribution in [0.25, 0.3) is 0 Å². The third kappa shape index (κ3) is 6.31. The molecule has 6 heteroatoms. The average molecular weight is 280 g/mol. The highest BCUT2D eigenvalue weighted by Crippen LogP contribution is 2.15. The number of carbonyl (C=O) groups excluding carboxylic acids is 2. The lowest BCUT2D eigenvalue weighted by atomic mass is 10.2. The minimum atomic E-state index is -0.251. The van der Waals surface area contributed by atoms with Gasteiger partial charge in [-0.3, -0.25) is 9.59 Å². The highest BCUT2D eigenvalue weighted by Gasteiger charge is 2.05. The molecule has 110 valence electrons. The number of rotatable bonds is 8. The van der Waals surface area contributed by atoms with Crippen molar-refractivity contribution in [1.82, 2.24) is 0 Å². The molecule has 0 heterocycles. The first-order chi connectivity index (χ1) is 9.65. The average Bonchev–Trinajstić information content (AvgIpc) is 2.39. The van der Waals surface area contributed by atoms with Crippen LogP contribution in [0.2, 0.25) is 0 Å². The molecule has 0 aliphatic carbocycles. The molecule has 0 aromatic heterocycles. The number of aliphatic hydroxyl groups excluding tert-OH is 1. The second-order valence-electron chi connectivity index (χ2n) is 4.29. The summed E-state index contributed by atoms with van der Waals surface area (Å²) >= 11 is 0. The first kappa shape index (κ1) is 16.1. The Morgan fingerprint density at radius 1 is 1.15 bits per heavy atom. The van der Waals surface area contributed by atoms with Crippen LogP contribution in [0.15, 0.2) is 24.3 Å². The number of hydrogen-bond acceptors (Lipinski definition) is 4. The Morgan fingerprint density at radius 2 is 1.80 bits per heavy atom. The van der Waals surface area contributed by atoms with Gasteiger partial charge in [-0.25, -0.2) is 0 Å². The normalized spacial score (nSPS) is 10.1. The number of aliphatic hydroxyl groups is 1. The number of hydrogen-bond donors (Lipinski definition) is 3. The molecular weight excluding hydrogens is 260 g/mol. The second-order valence-corrected chi connectivity index (χ2v) is 4.29. The van der Waals surface area contributed by atoms with E-state index in [1.807, 2.05) is 0 Å². The van der Waals surface area contributed by atoms with Crippen LogP contribution >= 0.6 is 0 Å². The Bertz CT molecular complexity index is 449. The van der Waals surface area contributed by atoms with Crippen molar-refractivity contribution in [2.45, 2.75) is 19.3 Å². The van der Waals surface area contributed by atoms with Gasteiger partial charge in [-0.2, -0.15) is 0 Å². The molecule has 2 amide bonds. The lowest BCUT2D eigenvalue weighted by Crippen LogP contribution is -2.17. The van der Waals surface area contributed by atoms with Gasteiger partial charge in [0.2, 0.25) is 11.8 Å². The van der Waals surface area contributed by atoms with Crippen LogP contribution in [0.4, 0.5) is 11.4 Å². The lowest BCUT2D eigenvalue weighted by Gasteiger charge is -2.08. The number of nitrogens with one attached hydrogen (secondary N) is 2. The summed E-state index contributed by atoms with van der Waals surface area (Å²) in [5, 5.41) is 14.1. The molecule has 0 aliphatic rings. The molecular formula is C14H20N2O4. The molecule has 0 saturated heterocycles.